The molecule has 26 heavy (non-hydrogen) atoms. The van der Waals surface area contributed by atoms with E-state index in [2.05, 4.69) is 6.92 Å². The van der Waals surface area contributed by atoms with E-state index in [-0.39, 0.29) is 29.5 Å². The average Bonchev–Trinajstić information content (AvgIpc) is 2.59. The Kier molecular flexibility index (Phi) is 5.44. The molecule has 2 aromatic rings. The Hall–Kier alpha value is -2.17. The van der Waals surface area contributed by atoms with Gasteiger partial charge in [-0.1, -0.05) is 25.8 Å². The fourth-order valence-electron chi connectivity index (χ4n) is 3.41. The number of hydrogen-bond acceptors (Lipinski definition) is 0. The molecular formula is C21H19F5. The standard InChI is InChI=1S/C21H19F5/c1-2-3-4-5-12-8-16(22)19(17(23)9-12)13-6-7-15-14(10-13)11-18(24)21(26)20(15)25/h6,8-9,11H,2-5,7,10H2,1H3. The van der Waals surface area contributed by atoms with Crippen LogP contribution < -0.4 is 0 Å². The number of halogens is 5. The van der Waals surface area contributed by atoms with Crippen LogP contribution in [0.1, 0.15) is 48.4 Å². The monoisotopic (exact) mass is 366 g/mol. The van der Waals surface area contributed by atoms with Crippen LogP contribution >= 0.6 is 0 Å². The molecule has 1 aliphatic carbocycles. The van der Waals surface area contributed by atoms with E-state index in [1.54, 1.807) is 0 Å². The molecule has 0 aliphatic heterocycles. The molecule has 1 aliphatic rings. The molecule has 0 bridgehead atoms. The number of aryl methyl sites for hydroxylation is 1. The molecule has 0 unspecified atom stereocenters. The molecule has 5 heteroatoms. The first-order valence-electron chi connectivity index (χ1n) is 8.75. The average molecular weight is 366 g/mol. The molecule has 0 nitrogen and oxygen atoms in total. The summed E-state index contributed by atoms with van der Waals surface area (Å²) in [6, 6.07) is 3.53. The van der Waals surface area contributed by atoms with Crippen molar-refractivity contribution in [3.8, 4) is 0 Å². The van der Waals surface area contributed by atoms with Gasteiger partial charge in [-0.15, -0.1) is 0 Å². The van der Waals surface area contributed by atoms with Crippen molar-refractivity contribution in [1.29, 1.82) is 0 Å². The summed E-state index contributed by atoms with van der Waals surface area (Å²) in [5.74, 6) is -5.42. The van der Waals surface area contributed by atoms with Gasteiger partial charge in [0.25, 0.3) is 0 Å². The third-order valence-corrected chi connectivity index (χ3v) is 4.78. The van der Waals surface area contributed by atoms with Crippen LogP contribution in [0.3, 0.4) is 0 Å². The number of unbranched alkanes of at least 4 members (excludes halogenated alkanes) is 2. The third kappa shape index (κ3) is 3.53. The topological polar surface area (TPSA) is 0 Å². The molecular weight excluding hydrogens is 347 g/mol. The first-order chi connectivity index (χ1) is 12.4. The molecule has 0 saturated heterocycles. The lowest BCUT2D eigenvalue weighted by Gasteiger charge is -2.20. The van der Waals surface area contributed by atoms with Crippen molar-refractivity contribution >= 4 is 5.57 Å². The van der Waals surface area contributed by atoms with Crippen LogP contribution in [-0.4, -0.2) is 0 Å². The van der Waals surface area contributed by atoms with Gasteiger partial charge in [-0.3, -0.25) is 0 Å². The maximum absolute atomic E-state index is 14.5. The van der Waals surface area contributed by atoms with Crippen LogP contribution in [0.25, 0.3) is 5.57 Å². The normalized spacial score (nSPS) is 13.5. The van der Waals surface area contributed by atoms with Crippen LogP contribution in [0.5, 0.6) is 0 Å². The Balaban J connectivity index is 1.91. The van der Waals surface area contributed by atoms with Crippen LogP contribution in [0.4, 0.5) is 22.0 Å². The SMILES string of the molecule is CCCCCc1cc(F)c(C2=CCc3c(cc(F)c(F)c3F)C2)c(F)c1. The summed E-state index contributed by atoms with van der Waals surface area (Å²) in [5.41, 5.74) is 0.973. The number of rotatable bonds is 5. The Morgan fingerprint density at radius 1 is 0.846 bits per heavy atom. The highest BCUT2D eigenvalue weighted by Gasteiger charge is 2.24. The number of fused-ring (bicyclic) bond motifs is 1. The summed E-state index contributed by atoms with van der Waals surface area (Å²) >= 11 is 0. The lowest BCUT2D eigenvalue weighted by molar-refractivity contribution is 0.440. The highest BCUT2D eigenvalue weighted by molar-refractivity contribution is 5.71. The first kappa shape index (κ1) is 18.6. The van der Waals surface area contributed by atoms with Crippen molar-refractivity contribution in [2.45, 2.75) is 45.4 Å². The number of allylic oxidation sites excluding steroid dienone is 2. The molecule has 0 heterocycles. The summed E-state index contributed by atoms with van der Waals surface area (Å²) < 4.78 is 69.7. The van der Waals surface area contributed by atoms with Crippen molar-refractivity contribution in [2.24, 2.45) is 0 Å². The second-order valence-corrected chi connectivity index (χ2v) is 6.63. The molecule has 138 valence electrons. The van der Waals surface area contributed by atoms with Gasteiger partial charge < -0.3 is 0 Å². The third-order valence-electron chi connectivity index (χ3n) is 4.78. The van der Waals surface area contributed by atoms with Gasteiger partial charge in [0.15, 0.2) is 17.5 Å². The molecule has 0 saturated carbocycles. The number of benzene rings is 2. The lowest BCUT2D eigenvalue weighted by Crippen LogP contribution is -2.10. The molecule has 0 amide bonds. The summed E-state index contributed by atoms with van der Waals surface area (Å²) in [4.78, 5) is 0. The minimum atomic E-state index is -1.52. The van der Waals surface area contributed by atoms with Gasteiger partial charge in [-0.25, -0.2) is 22.0 Å². The van der Waals surface area contributed by atoms with Crippen molar-refractivity contribution < 1.29 is 22.0 Å². The molecule has 3 rings (SSSR count). The van der Waals surface area contributed by atoms with Crippen molar-refractivity contribution in [3.63, 3.8) is 0 Å². The summed E-state index contributed by atoms with van der Waals surface area (Å²) in [6.07, 6.45) is 4.84. The van der Waals surface area contributed by atoms with Crippen molar-refractivity contribution in [3.05, 3.63) is 75.6 Å². The van der Waals surface area contributed by atoms with Gasteiger partial charge in [-0.2, -0.15) is 0 Å². The Bertz CT molecular complexity index is 844. The zero-order valence-corrected chi connectivity index (χ0v) is 14.4. The zero-order valence-electron chi connectivity index (χ0n) is 14.4. The summed E-state index contributed by atoms with van der Waals surface area (Å²) in [6.45, 7) is 2.05. The van der Waals surface area contributed by atoms with Gasteiger partial charge in [0.2, 0.25) is 0 Å². The highest BCUT2D eigenvalue weighted by atomic mass is 19.2. The fraction of sp³-hybridized carbons (Fsp3) is 0.333. The van der Waals surface area contributed by atoms with E-state index in [0.29, 0.717) is 17.6 Å². The first-order valence-corrected chi connectivity index (χ1v) is 8.75. The van der Waals surface area contributed by atoms with Crippen LogP contribution in [0.2, 0.25) is 0 Å². The van der Waals surface area contributed by atoms with Crippen LogP contribution in [0, 0.1) is 29.1 Å². The predicted octanol–water partition coefficient (Wildman–Crippen LogP) is 6.30. The Morgan fingerprint density at radius 2 is 1.54 bits per heavy atom. The van der Waals surface area contributed by atoms with E-state index >= 15 is 0 Å². The molecule has 0 atom stereocenters. The Morgan fingerprint density at radius 3 is 2.19 bits per heavy atom. The van der Waals surface area contributed by atoms with E-state index in [0.717, 1.165) is 25.3 Å². The van der Waals surface area contributed by atoms with E-state index in [1.165, 1.54) is 18.2 Å². The smallest absolute Gasteiger partial charge is 0.194 e. The van der Waals surface area contributed by atoms with Crippen LogP contribution in [-0.2, 0) is 19.3 Å². The van der Waals surface area contributed by atoms with E-state index < -0.39 is 29.1 Å². The summed E-state index contributed by atoms with van der Waals surface area (Å²) in [5, 5.41) is 0. The second-order valence-electron chi connectivity index (χ2n) is 6.63. The van der Waals surface area contributed by atoms with Crippen LogP contribution in [0.15, 0.2) is 24.3 Å². The minimum absolute atomic E-state index is 0.0321. The zero-order chi connectivity index (χ0) is 18.8. The van der Waals surface area contributed by atoms with Gasteiger partial charge in [0.1, 0.15) is 11.6 Å². The molecule has 0 radical (unpaired) electrons. The molecule has 0 N–H and O–H groups in total. The quantitative estimate of drug-likeness (QED) is 0.331. The van der Waals surface area contributed by atoms with Gasteiger partial charge in [0.05, 0.1) is 0 Å². The van der Waals surface area contributed by atoms with Gasteiger partial charge in [-0.05, 0) is 66.1 Å². The van der Waals surface area contributed by atoms with Crippen molar-refractivity contribution in [1.82, 2.24) is 0 Å². The second kappa shape index (κ2) is 7.60. The maximum atomic E-state index is 14.5. The molecule has 0 spiro atoms. The summed E-state index contributed by atoms with van der Waals surface area (Å²) in [7, 11) is 0. The molecule has 0 aromatic heterocycles. The van der Waals surface area contributed by atoms with Gasteiger partial charge in [0, 0.05) is 5.56 Å². The van der Waals surface area contributed by atoms with E-state index in [9.17, 15) is 22.0 Å². The largest absolute Gasteiger partial charge is 0.206 e. The van der Waals surface area contributed by atoms with E-state index in [4.69, 9.17) is 0 Å². The van der Waals surface area contributed by atoms with Gasteiger partial charge >= 0.3 is 0 Å². The van der Waals surface area contributed by atoms with E-state index in [1.807, 2.05) is 0 Å². The lowest BCUT2D eigenvalue weighted by atomic mass is 9.86. The molecule has 0 fully saturated rings. The van der Waals surface area contributed by atoms with Crippen molar-refractivity contribution in [2.75, 3.05) is 0 Å². The predicted molar refractivity (Wildman–Crippen MR) is 91.3 cm³/mol. The number of hydrogen-bond donors (Lipinski definition) is 0. The maximum Gasteiger partial charge on any atom is 0.194 e. The fourth-order valence-corrected chi connectivity index (χ4v) is 3.41. The Labute approximate surface area is 149 Å². The molecule has 2 aromatic carbocycles. The highest BCUT2D eigenvalue weighted by Crippen LogP contribution is 2.33. The minimum Gasteiger partial charge on any atom is -0.206 e.